The van der Waals surface area contributed by atoms with Crippen LogP contribution in [0.1, 0.15) is 26.2 Å². The second-order valence-corrected chi connectivity index (χ2v) is 4.63. The molecular weight excluding hydrogens is 270 g/mol. The Balaban J connectivity index is 2.65. The summed E-state index contributed by atoms with van der Waals surface area (Å²) in [5.41, 5.74) is 5.98. The SMILES string of the molecule is CCCC(N)CC(=O)Nc1ccc([N+](=O)[O-])c(Cl)c1. The first-order valence-corrected chi connectivity index (χ1v) is 6.31. The third-order valence-corrected chi connectivity index (χ3v) is 2.84. The van der Waals surface area contributed by atoms with Gasteiger partial charge in [-0.25, -0.2) is 0 Å². The second-order valence-electron chi connectivity index (χ2n) is 4.22. The highest BCUT2D eigenvalue weighted by Crippen LogP contribution is 2.27. The summed E-state index contributed by atoms with van der Waals surface area (Å²) in [6, 6.07) is 3.86. The van der Waals surface area contributed by atoms with Gasteiger partial charge in [-0.2, -0.15) is 0 Å². The van der Waals surface area contributed by atoms with Crippen LogP contribution >= 0.6 is 11.6 Å². The number of benzene rings is 1. The summed E-state index contributed by atoms with van der Waals surface area (Å²) in [4.78, 5) is 21.7. The third-order valence-electron chi connectivity index (χ3n) is 2.54. The van der Waals surface area contributed by atoms with Crippen molar-refractivity contribution in [1.82, 2.24) is 0 Å². The fraction of sp³-hybridized carbons (Fsp3) is 0.417. The molecule has 3 N–H and O–H groups in total. The molecule has 0 bridgehead atoms. The van der Waals surface area contributed by atoms with Gasteiger partial charge in [0, 0.05) is 24.2 Å². The van der Waals surface area contributed by atoms with Gasteiger partial charge in [0.1, 0.15) is 5.02 Å². The van der Waals surface area contributed by atoms with Crippen molar-refractivity contribution >= 4 is 28.9 Å². The number of hydrogen-bond acceptors (Lipinski definition) is 4. The lowest BCUT2D eigenvalue weighted by molar-refractivity contribution is -0.384. The van der Waals surface area contributed by atoms with Gasteiger partial charge in [-0.05, 0) is 18.6 Å². The molecule has 0 aliphatic heterocycles. The van der Waals surface area contributed by atoms with E-state index in [0.29, 0.717) is 5.69 Å². The molecule has 1 unspecified atom stereocenters. The Labute approximate surface area is 116 Å². The Bertz CT molecular complexity index is 479. The average molecular weight is 286 g/mol. The van der Waals surface area contributed by atoms with Crippen LogP contribution in [0.4, 0.5) is 11.4 Å². The Morgan fingerprint density at radius 3 is 2.79 bits per heavy atom. The van der Waals surface area contributed by atoms with Crippen LogP contribution in [0.2, 0.25) is 5.02 Å². The Morgan fingerprint density at radius 2 is 2.26 bits per heavy atom. The molecule has 0 aromatic heterocycles. The number of nitrogens with one attached hydrogen (secondary N) is 1. The number of nitrogens with two attached hydrogens (primary N) is 1. The number of nitrogens with zero attached hydrogens (tertiary/aromatic N) is 1. The van der Waals surface area contributed by atoms with Crippen molar-refractivity contribution in [2.75, 3.05) is 5.32 Å². The number of nitro groups is 1. The maximum Gasteiger partial charge on any atom is 0.288 e. The third kappa shape index (κ3) is 4.84. The van der Waals surface area contributed by atoms with E-state index in [2.05, 4.69) is 5.32 Å². The Morgan fingerprint density at radius 1 is 1.58 bits per heavy atom. The maximum atomic E-state index is 11.7. The molecule has 0 heterocycles. The highest BCUT2D eigenvalue weighted by Gasteiger charge is 2.14. The molecule has 0 radical (unpaired) electrons. The molecule has 1 aromatic rings. The van der Waals surface area contributed by atoms with E-state index < -0.39 is 4.92 Å². The van der Waals surface area contributed by atoms with Crippen molar-refractivity contribution in [2.45, 2.75) is 32.2 Å². The van der Waals surface area contributed by atoms with Crippen molar-refractivity contribution < 1.29 is 9.72 Å². The lowest BCUT2D eigenvalue weighted by atomic mass is 10.1. The summed E-state index contributed by atoms with van der Waals surface area (Å²) in [5, 5.41) is 13.2. The number of amides is 1. The van der Waals surface area contributed by atoms with Crippen LogP contribution in [0.15, 0.2) is 18.2 Å². The van der Waals surface area contributed by atoms with E-state index in [0.717, 1.165) is 12.8 Å². The Kier molecular flexibility index (Phi) is 5.72. The second kappa shape index (κ2) is 7.06. The van der Waals surface area contributed by atoms with E-state index in [1.165, 1.54) is 18.2 Å². The molecule has 6 nitrogen and oxygen atoms in total. The molecule has 1 aromatic carbocycles. The molecule has 0 fully saturated rings. The van der Waals surface area contributed by atoms with Gasteiger partial charge in [-0.3, -0.25) is 14.9 Å². The highest BCUT2D eigenvalue weighted by molar-refractivity contribution is 6.33. The van der Waals surface area contributed by atoms with E-state index in [1.807, 2.05) is 6.92 Å². The molecule has 0 aliphatic rings. The van der Waals surface area contributed by atoms with Gasteiger partial charge in [0.05, 0.1) is 4.92 Å². The van der Waals surface area contributed by atoms with Crippen LogP contribution in [-0.2, 0) is 4.79 Å². The fourth-order valence-corrected chi connectivity index (χ4v) is 1.91. The first-order valence-electron chi connectivity index (χ1n) is 5.93. The molecule has 19 heavy (non-hydrogen) atoms. The largest absolute Gasteiger partial charge is 0.327 e. The minimum Gasteiger partial charge on any atom is -0.327 e. The van der Waals surface area contributed by atoms with E-state index in [9.17, 15) is 14.9 Å². The summed E-state index contributed by atoms with van der Waals surface area (Å²) in [6.45, 7) is 1.99. The Hall–Kier alpha value is -1.66. The molecule has 1 rings (SSSR count). The van der Waals surface area contributed by atoms with Crippen molar-refractivity contribution in [2.24, 2.45) is 5.73 Å². The molecule has 1 atom stereocenters. The van der Waals surface area contributed by atoms with Gasteiger partial charge >= 0.3 is 0 Å². The lowest BCUT2D eigenvalue weighted by Crippen LogP contribution is -2.26. The van der Waals surface area contributed by atoms with Crippen LogP contribution in [0.5, 0.6) is 0 Å². The average Bonchev–Trinajstić information content (AvgIpc) is 2.28. The fourth-order valence-electron chi connectivity index (χ4n) is 1.66. The minimum atomic E-state index is -0.578. The molecule has 0 aliphatic carbocycles. The van der Waals surface area contributed by atoms with Crippen molar-refractivity contribution in [3.8, 4) is 0 Å². The van der Waals surface area contributed by atoms with E-state index in [-0.39, 0.29) is 29.1 Å². The molecule has 1 amide bonds. The predicted molar refractivity (Wildman–Crippen MR) is 74.2 cm³/mol. The minimum absolute atomic E-state index is 0.0133. The summed E-state index contributed by atoms with van der Waals surface area (Å²) >= 11 is 5.75. The van der Waals surface area contributed by atoms with Crippen LogP contribution in [0.25, 0.3) is 0 Å². The van der Waals surface area contributed by atoms with E-state index >= 15 is 0 Å². The first kappa shape index (κ1) is 15.4. The number of carbonyl (C=O) groups excluding carboxylic acids is 1. The van der Waals surface area contributed by atoms with Crippen molar-refractivity contribution in [3.63, 3.8) is 0 Å². The monoisotopic (exact) mass is 285 g/mol. The van der Waals surface area contributed by atoms with E-state index in [1.54, 1.807) is 0 Å². The molecule has 7 heteroatoms. The zero-order valence-corrected chi connectivity index (χ0v) is 11.3. The summed E-state index contributed by atoms with van der Waals surface area (Å²) in [6.07, 6.45) is 1.90. The van der Waals surface area contributed by atoms with Crippen LogP contribution in [-0.4, -0.2) is 16.9 Å². The standard InChI is InChI=1S/C12H16ClN3O3/c1-2-3-8(14)6-12(17)15-9-4-5-11(16(18)19)10(13)7-9/h4-5,7-8H,2-3,6,14H2,1H3,(H,15,17). The molecule has 0 saturated carbocycles. The van der Waals surface area contributed by atoms with Gasteiger partial charge in [0.15, 0.2) is 0 Å². The summed E-state index contributed by atoms with van der Waals surface area (Å²) < 4.78 is 0. The highest BCUT2D eigenvalue weighted by atomic mass is 35.5. The van der Waals surface area contributed by atoms with Gasteiger partial charge < -0.3 is 11.1 Å². The molecule has 0 saturated heterocycles. The van der Waals surface area contributed by atoms with Gasteiger partial charge in [-0.1, -0.05) is 24.9 Å². The van der Waals surface area contributed by atoms with E-state index in [4.69, 9.17) is 17.3 Å². The molecule has 0 spiro atoms. The normalized spacial score (nSPS) is 11.9. The van der Waals surface area contributed by atoms with Crippen LogP contribution < -0.4 is 11.1 Å². The summed E-state index contributed by atoms with van der Waals surface area (Å²) in [7, 11) is 0. The lowest BCUT2D eigenvalue weighted by Gasteiger charge is -2.10. The zero-order chi connectivity index (χ0) is 14.4. The number of hydrogen-bond donors (Lipinski definition) is 2. The smallest absolute Gasteiger partial charge is 0.288 e. The molecule has 104 valence electrons. The number of carbonyl (C=O) groups is 1. The number of rotatable bonds is 6. The quantitative estimate of drug-likeness (QED) is 0.620. The van der Waals surface area contributed by atoms with Gasteiger partial charge in [-0.15, -0.1) is 0 Å². The van der Waals surface area contributed by atoms with Crippen LogP contribution in [0.3, 0.4) is 0 Å². The summed E-state index contributed by atoms with van der Waals surface area (Å²) in [5.74, 6) is -0.231. The van der Waals surface area contributed by atoms with Gasteiger partial charge in [0.25, 0.3) is 5.69 Å². The van der Waals surface area contributed by atoms with Gasteiger partial charge in [0.2, 0.25) is 5.91 Å². The van der Waals surface area contributed by atoms with Crippen molar-refractivity contribution in [3.05, 3.63) is 33.3 Å². The molecular formula is C12H16ClN3O3. The number of halogens is 1. The van der Waals surface area contributed by atoms with Crippen LogP contribution in [0, 0.1) is 10.1 Å². The maximum absolute atomic E-state index is 11.7. The predicted octanol–water partition coefficient (Wildman–Crippen LogP) is 2.70. The topological polar surface area (TPSA) is 98.3 Å². The zero-order valence-electron chi connectivity index (χ0n) is 10.6. The number of nitro benzene ring substituents is 1. The van der Waals surface area contributed by atoms with Crippen molar-refractivity contribution in [1.29, 1.82) is 0 Å². The number of anilines is 1. The first-order chi connectivity index (χ1) is 8.93.